The van der Waals surface area contributed by atoms with Crippen molar-refractivity contribution in [1.29, 1.82) is 0 Å². The summed E-state index contributed by atoms with van der Waals surface area (Å²) in [7, 11) is 0. The highest BCUT2D eigenvalue weighted by Gasteiger charge is 2.52. The van der Waals surface area contributed by atoms with E-state index in [1.807, 2.05) is 12.1 Å². The zero-order valence-corrected chi connectivity index (χ0v) is 36.8. The average Bonchev–Trinajstić information content (AvgIpc) is 4.13. The van der Waals surface area contributed by atoms with Gasteiger partial charge in [0.15, 0.2) is 0 Å². The van der Waals surface area contributed by atoms with Crippen molar-refractivity contribution >= 4 is 71.7 Å². The van der Waals surface area contributed by atoms with Gasteiger partial charge in [-0.2, -0.15) is 0 Å². The van der Waals surface area contributed by atoms with Crippen LogP contribution in [-0.2, 0) is 5.41 Å². The third-order valence-corrected chi connectivity index (χ3v) is 14.9. The molecule has 3 nitrogen and oxygen atoms in total. The predicted octanol–water partition coefficient (Wildman–Crippen LogP) is 17.8. The molecule has 2 heterocycles. The van der Waals surface area contributed by atoms with Gasteiger partial charge in [0.05, 0.1) is 16.8 Å². The highest BCUT2D eigenvalue weighted by atomic mass is 16.3. The molecule has 2 aliphatic rings. The lowest BCUT2D eigenvalue weighted by atomic mass is 9.70. The van der Waals surface area contributed by atoms with Gasteiger partial charge in [-0.25, -0.2) is 0 Å². The first-order valence-corrected chi connectivity index (χ1v) is 23.4. The molecule has 2 aromatic heterocycles. The molecule has 0 atom stereocenters. The lowest BCUT2D eigenvalue weighted by Gasteiger charge is -2.32. The Morgan fingerprint density at radius 1 is 0.309 bits per heavy atom. The summed E-state index contributed by atoms with van der Waals surface area (Å²) >= 11 is 0. The van der Waals surface area contributed by atoms with Gasteiger partial charge in [-0.3, -0.25) is 0 Å². The average molecular weight is 866 g/mol. The second-order valence-electron chi connectivity index (χ2n) is 18.3. The van der Waals surface area contributed by atoms with Crippen LogP contribution in [0.25, 0.3) is 99.2 Å². The van der Waals surface area contributed by atoms with Gasteiger partial charge in [-0.1, -0.05) is 182 Å². The van der Waals surface area contributed by atoms with Gasteiger partial charge in [0.2, 0.25) is 0 Å². The molecule has 0 unspecified atom stereocenters. The molecular weight excluding hydrogens is 827 g/mol. The van der Waals surface area contributed by atoms with Crippen LogP contribution in [0.2, 0.25) is 0 Å². The Morgan fingerprint density at radius 3 is 1.65 bits per heavy atom. The number of nitrogens with zero attached hydrogens (tertiary/aromatic N) is 1. The first kappa shape index (κ1) is 37.3. The highest BCUT2D eigenvalue weighted by Crippen LogP contribution is 2.65. The zero-order valence-electron chi connectivity index (χ0n) is 36.8. The zero-order chi connectivity index (χ0) is 44.5. The van der Waals surface area contributed by atoms with Crippen molar-refractivity contribution in [1.82, 2.24) is 0 Å². The maximum absolute atomic E-state index is 6.93. The van der Waals surface area contributed by atoms with Gasteiger partial charge in [0, 0.05) is 43.9 Å². The van der Waals surface area contributed by atoms with Gasteiger partial charge in [-0.05, 0) is 115 Å². The summed E-state index contributed by atoms with van der Waals surface area (Å²) in [6.07, 6.45) is 0. The van der Waals surface area contributed by atoms with E-state index in [1.165, 1.54) is 49.9 Å². The number of furan rings is 2. The Morgan fingerprint density at radius 2 is 0.853 bits per heavy atom. The van der Waals surface area contributed by atoms with E-state index in [2.05, 4.69) is 229 Å². The molecule has 0 aliphatic heterocycles. The largest absolute Gasteiger partial charge is 0.456 e. The Bertz CT molecular complexity index is 4180. The van der Waals surface area contributed by atoms with E-state index in [0.717, 1.165) is 88.6 Å². The van der Waals surface area contributed by atoms with Crippen molar-refractivity contribution in [3.63, 3.8) is 0 Å². The summed E-state index contributed by atoms with van der Waals surface area (Å²) in [5, 5.41) is 6.84. The first-order chi connectivity index (χ1) is 33.7. The van der Waals surface area contributed by atoms with E-state index in [9.17, 15) is 0 Å². The summed E-state index contributed by atoms with van der Waals surface area (Å²) in [6, 6.07) is 86.4. The molecule has 68 heavy (non-hydrogen) atoms. The standard InChI is InChI=1S/C65H39NO2/c1-2-16-42-38-62-53(37-41(42)15-1)51-23-13-22-50(64(51)68-62)47-19-6-11-28-58(47)66(44-34-31-40(32-35-44)43-33-36-49-48-20-7-12-30-60(48)67-61(49)39-43)59-29-14-27-57-63(59)52-21-5-10-26-56(52)65(57)54-24-8-3-17-45(54)46-18-4-9-25-55(46)65/h1-39H. The number of rotatable bonds is 5. The van der Waals surface area contributed by atoms with Crippen LogP contribution in [0, 0.1) is 0 Å². The maximum atomic E-state index is 6.93. The lowest BCUT2D eigenvalue weighted by molar-refractivity contribution is 0.669. The summed E-state index contributed by atoms with van der Waals surface area (Å²) in [5.74, 6) is 0. The Balaban J connectivity index is 0.975. The van der Waals surface area contributed by atoms with Crippen molar-refractivity contribution in [2.75, 3.05) is 4.90 Å². The predicted molar refractivity (Wildman–Crippen MR) is 280 cm³/mol. The van der Waals surface area contributed by atoms with Gasteiger partial charge < -0.3 is 13.7 Å². The van der Waals surface area contributed by atoms with Crippen LogP contribution < -0.4 is 4.90 Å². The van der Waals surface area contributed by atoms with Crippen LogP contribution in [-0.4, -0.2) is 0 Å². The number of anilines is 3. The minimum atomic E-state index is -0.483. The van der Waals surface area contributed by atoms with E-state index < -0.39 is 5.41 Å². The van der Waals surface area contributed by atoms with Gasteiger partial charge in [-0.15, -0.1) is 0 Å². The van der Waals surface area contributed by atoms with Gasteiger partial charge in [0.25, 0.3) is 0 Å². The molecule has 0 N–H and O–H groups in total. The third kappa shape index (κ3) is 5.07. The van der Waals surface area contributed by atoms with Crippen LogP contribution in [0.5, 0.6) is 0 Å². The van der Waals surface area contributed by atoms with E-state index in [4.69, 9.17) is 8.83 Å². The smallest absolute Gasteiger partial charge is 0.143 e. The SMILES string of the molecule is c1ccc(N(c2ccc(-c3ccc4c(c3)oc3ccccc34)cc2)c2cccc3c2-c2ccccc2C32c3ccccc3-c3ccccc32)c(-c2cccc3c2oc2cc4ccccc4cc23)c1. The van der Waals surface area contributed by atoms with Gasteiger partial charge >= 0.3 is 0 Å². The second-order valence-corrected chi connectivity index (χ2v) is 18.3. The Labute approximate surface area is 392 Å². The number of fused-ring (bicyclic) bond motifs is 17. The Kier molecular flexibility index (Phi) is 7.71. The number of para-hydroxylation sites is 3. The molecule has 15 rings (SSSR count). The molecule has 0 saturated carbocycles. The molecule has 11 aromatic carbocycles. The monoisotopic (exact) mass is 865 g/mol. The molecule has 0 amide bonds. The minimum absolute atomic E-state index is 0.483. The highest BCUT2D eigenvalue weighted by molar-refractivity contribution is 6.14. The van der Waals surface area contributed by atoms with Crippen LogP contribution in [0.4, 0.5) is 17.1 Å². The van der Waals surface area contributed by atoms with E-state index >= 15 is 0 Å². The fourth-order valence-corrected chi connectivity index (χ4v) is 12.0. The van der Waals surface area contributed by atoms with Crippen molar-refractivity contribution in [3.05, 3.63) is 259 Å². The molecule has 316 valence electrons. The first-order valence-electron chi connectivity index (χ1n) is 23.4. The van der Waals surface area contributed by atoms with E-state index in [-0.39, 0.29) is 0 Å². The third-order valence-electron chi connectivity index (χ3n) is 14.9. The summed E-state index contributed by atoms with van der Waals surface area (Å²) in [4.78, 5) is 2.48. The number of hydrogen-bond acceptors (Lipinski definition) is 3. The topological polar surface area (TPSA) is 29.5 Å². The maximum Gasteiger partial charge on any atom is 0.143 e. The van der Waals surface area contributed by atoms with Crippen molar-refractivity contribution in [3.8, 4) is 44.5 Å². The molecule has 2 aliphatic carbocycles. The quantitative estimate of drug-likeness (QED) is 0.173. The van der Waals surface area contributed by atoms with Crippen LogP contribution in [0.1, 0.15) is 22.3 Å². The number of hydrogen-bond donors (Lipinski definition) is 0. The Hall–Kier alpha value is -8.92. The van der Waals surface area contributed by atoms with Crippen molar-refractivity contribution in [2.24, 2.45) is 0 Å². The van der Waals surface area contributed by atoms with Crippen LogP contribution >= 0.6 is 0 Å². The molecule has 3 heteroatoms. The molecule has 0 fully saturated rings. The van der Waals surface area contributed by atoms with Crippen LogP contribution in [0.3, 0.4) is 0 Å². The van der Waals surface area contributed by atoms with E-state index in [1.54, 1.807) is 0 Å². The summed E-state index contributed by atoms with van der Waals surface area (Å²) in [6.45, 7) is 0. The fourth-order valence-electron chi connectivity index (χ4n) is 12.0. The van der Waals surface area contributed by atoms with Crippen molar-refractivity contribution < 1.29 is 8.83 Å². The van der Waals surface area contributed by atoms with E-state index in [0.29, 0.717) is 0 Å². The molecular formula is C65H39NO2. The number of benzene rings is 11. The molecule has 0 saturated heterocycles. The van der Waals surface area contributed by atoms with Crippen LogP contribution in [0.15, 0.2) is 245 Å². The second kappa shape index (κ2) is 14.0. The lowest BCUT2D eigenvalue weighted by Crippen LogP contribution is -2.26. The minimum Gasteiger partial charge on any atom is -0.456 e. The molecule has 0 radical (unpaired) electrons. The summed E-state index contributed by atoms with van der Waals surface area (Å²) in [5.41, 5.74) is 20.9. The fraction of sp³-hybridized carbons (Fsp3) is 0.0154. The summed E-state index contributed by atoms with van der Waals surface area (Å²) < 4.78 is 13.3. The molecule has 1 spiro atoms. The molecule has 0 bridgehead atoms. The van der Waals surface area contributed by atoms with Gasteiger partial charge in [0.1, 0.15) is 22.3 Å². The molecule has 13 aromatic rings. The van der Waals surface area contributed by atoms with Crippen molar-refractivity contribution in [2.45, 2.75) is 5.41 Å². The normalized spacial score (nSPS) is 13.1.